The number of nitrogens with zero attached hydrogens (tertiary/aromatic N) is 1. The molecule has 3 N–H and O–H groups in total. The van der Waals surface area contributed by atoms with Crippen molar-refractivity contribution in [3.05, 3.63) is 28.7 Å². The van der Waals surface area contributed by atoms with E-state index in [4.69, 9.17) is 10.8 Å². The molecular weight excluding hydrogens is 272 g/mol. The molecule has 1 aromatic rings. The third-order valence-electron chi connectivity index (χ3n) is 2.19. The van der Waals surface area contributed by atoms with E-state index in [0.717, 1.165) is 10.2 Å². The molecule has 0 aliphatic heterocycles. The molecule has 0 atom stereocenters. The minimum Gasteiger partial charge on any atom is -0.481 e. The maximum atomic E-state index is 10.5. The zero-order chi connectivity index (χ0) is 12.0. The first kappa shape index (κ1) is 13.0. The van der Waals surface area contributed by atoms with E-state index >= 15 is 0 Å². The highest BCUT2D eigenvalue weighted by Crippen LogP contribution is 2.18. The van der Waals surface area contributed by atoms with E-state index in [2.05, 4.69) is 15.9 Å². The Morgan fingerprint density at radius 2 is 1.94 bits per heavy atom. The average Bonchev–Trinajstić information content (AvgIpc) is 2.25. The van der Waals surface area contributed by atoms with E-state index < -0.39 is 5.97 Å². The predicted octanol–water partition coefficient (Wildman–Crippen LogP) is 1.69. The molecule has 1 rings (SSSR count). The molecule has 0 aliphatic carbocycles. The van der Waals surface area contributed by atoms with E-state index in [1.807, 2.05) is 29.2 Å². The number of hydrogen-bond acceptors (Lipinski definition) is 3. The van der Waals surface area contributed by atoms with Gasteiger partial charge in [-0.25, -0.2) is 0 Å². The van der Waals surface area contributed by atoms with Gasteiger partial charge >= 0.3 is 5.97 Å². The lowest BCUT2D eigenvalue weighted by atomic mass is 10.2. The highest BCUT2D eigenvalue weighted by Gasteiger charge is 2.07. The van der Waals surface area contributed by atoms with Gasteiger partial charge in [0.2, 0.25) is 0 Å². The Hall–Kier alpha value is -1.07. The standard InChI is InChI=1S/C11H15BrN2O2/c12-9-1-3-10(4-2-9)14(8-6-13)7-5-11(15)16/h1-4H,5-8,13H2,(H,15,16). The van der Waals surface area contributed by atoms with E-state index in [0.29, 0.717) is 19.6 Å². The number of anilines is 1. The van der Waals surface area contributed by atoms with Crippen molar-refractivity contribution in [2.24, 2.45) is 5.73 Å². The molecule has 4 nitrogen and oxygen atoms in total. The Labute approximate surface area is 103 Å². The molecule has 0 unspecified atom stereocenters. The molecule has 0 aromatic heterocycles. The second-order valence-electron chi connectivity index (χ2n) is 3.40. The van der Waals surface area contributed by atoms with E-state index in [1.54, 1.807) is 0 Å². The van der Waals surface area contributed by atoms with Crippen LogP contribution in [0.25, 0.3) is 0 Å². The predicted molar refractivity (Wildman–Crippen MR) is 67.7 cm³/mol. The number of carboxylic acids is 1. The third-order valence-corrected chi connectivity index (χ3v) is 2.72. The van der Waals surface area contributed by atoms with Crippen LogP contribution < -0.4 is 10.6 Å². The van der Waals surface area contributed by atoms with Crippen LogP contribution in [0.2, 0.25) is 0 Å². The van der Waals surface area contributed by atoms with Crippen molar-refractivity contribution >= 4 is 27.6 Å². The van der Waals surface area contributed by atoms with Gasteiger partial charge in [0.1, 0.15) is 0 Å². The molecule has 0 fully saturated rings. The molecule has 0 saturated heterocycles. The topological polar surface area (TPSA) is 66.6 Å². The molecule has 0 heterocycles. The quantitative estimate of drug-likeness (QED) is 0.835. The van der Waals surface area contributed by atoms with E-state index in [9.17, 15) is 4.79 Å². The van der Waals surface area contributed by atoms with Crippen LogP contribution in [0.3, 0.4) is 0 Å². The van der Waals surface area contributed by atoms with Crippen LogP contribution in [0, 0.1) is 0 Å². The van der Waals surface area contributed by atoms with Crippen molar-refractivity contribution < 1.29 is 9.90 Å². The molecule has 0 spiro atoms. The Balaban J connectivity index is 2.68. The summed E-state index contributed by atoms with van der Waals surface area (Å²) < 4.78 is 1.00. The SMILES string of the molecule is NCCN(CCC(=O)O)c1ccc(Br)cc1. The van der Waals surface area contributed by atoms with Crippen LogP contribution in [-0.2, 0) is 4.79 Å². The summed E-state index contributed by atoms with van der Waals surface area (Å²) in [4.78, 5) is 12.5. The summed E-state index contributed by atoms with van der Waals surface area (Å²) in [5.74, 6) is -0.792. The number of carboxylic acid groups (broad SMARTS) is 1. The average molecular weight is 287 g/mol. The number of aliphatic carboxylic acids is 1. The molecule has 0 saturated carbocycles. The fourth-order valence-electron chi connectivity index (χ4n) is 1.41. The lowest BCUT2D eigenvalue weighted by molar-refractivity contribution is -0.136. The largest absolute Gasteiger partial charge is 0.481 e. The van der Waals surface area contributed by atoms with Crippen LogP contribution in [0.1, 0.15) is 6.42 Å². The summed E-state index contributed by atoms with van der Waals surface area (Å²) in [6, 6.07) is 7.75. The van der Waals surface area contributed by atoms with Crippen molar-refractivity contribution in [1.29, 1.82) is 0 Å². The molecule has 0 bridgehead atoms. The van der Waals surface area contributed by atoms with Crippen LogP contribution in [0.5, 0.6) is 0 Å². The second kappa shape index (κ2) is 6.50. The van der Waals surface area contributed by atoms with Gasteiger partial charge in [-0.3, -0.25) is 4.79 Å². The van der Waals surface area contributed by atoms with Crippen LogP contribution in [0.4, 0.5) is 5.69 Å². The molecular formula is C11H15BrN2O2. The van der Waals surface area contributed by atoms with Gasteiger partial charge in [0.15, 0.2) is 0 Å². The van der Waals surface area contributed by atoms with Crippen molar-refractivity contribution in [3.8, 4) is 0 Å². The Morgan fingerprint density at radius 1 is 1.31 bits per heavy atom. The van der Waals surface area contributed by atoms with E-state index in [1.165, 1.54) is 0 Å². The summed E-state index contributed by atoms with van der Waals surface area (Å²) in [6.45, 7) is 1.65. The number of benzene rings is 1. The molecule has 5 heteroatoms. The van der Waals surface area contributed by atoms with Crippen molar-refractivity contribution in [2.75, 3.05) is 24.5 Å². The van der Waals surface area contributed by atoms with Crippen molar-refractivity contribution in [1.82, 2.24) is 0 Å². The maximum Gasteiger partial charge on any atom is 0.305 e. The third kappa shape index (κ3) is 4.20. The first-order chi connectivity index (χ1) is 7.63. The molecule has 0 amide bonds. The molecule has 1 aromatic carbocycles. The monoisotopic (exact) mass is 286 g/mol. The van der Waals surface area contributed by atoms with Gasteiger partial charge in [0, 0.05) is 29.8 Å². The van der Waals surface area contributed by atoms with Gasteiger partial charge in [-0.15, -0.1) is 0 Å². The summed E-state index contributed by atoms with van der Waals surface area (Å²) in [7, 11) is 0. The Morgan fingerprint density at radius 3 is 2.44 bits per heavy atom. The van der Waals surface area contributed by atoms with Gasteiger partial charge < -0.3 is 15.7 Å². The zero-order valence-electron chi connectivity index (χ0n) is 8.90. The number of hydrogen-bond donors (Lipinski definition) is 2. The van der Waals surface area contributed by atoms with Gasteiger partial charge in [0.05, 0.1) is 6.42 Å². The smallest absolute Gasteiger partial charge is 0.305 e. The molecule has 0 radical (unpaired) electrons. The lowest BCUT2D eigenvalue weighted by Crippen LogP contribution is -2.31. The van der Waals surface area contributed by atoms with Gasteiger partial charge in [-0.2, -0.15) is 0 Å². The highest BCUT2D eigenvalue weighted by atomic mass is 79.9. The zero-order valence-corrected chi connectivity index (χ0v) is 10.5. The van der Waals surface area contributed by atoms with Gasteiger partial charge in [0.25, 0.3) is 0 Å². The highest BCUT2D eigenvalue weighted by molar-refractivity contribution is 9.10. The van der Waals surface area contributed by atoms with Crippen molar-refractivity contribution in [2.45, 2.75) is 6.42 Å². The fraction of sp³-hybridized carbons (Fsp3) is 0.364. The van der Waals surface area contributed by atoms with Gasteiger partial charge in [-0.1, -0.05) is 15.9 Å². The summed E-state index contributed by atoms with van der Waals surface area (Å²) in [5, 5.41) is 8.66. The molecule has 0 aliphatic rings. The number of halogens is 1. The summed E-state index contributed by atoms with van der Waals surface area (Å²) in [5.41, 5.74) is 6.50. The number of carbonyl (C=O) groups is 1. The van der Waals surface area contributed by atoms with Crippen LogP contribution in [-0.4, -0.2) is 30.7 Å². The Kier molecular flexibility index (Phi) is 5.28. The first-order valence-electron chi connectivity index (χ1n) is 5.06. The Bertz CT molecular complexity index is 340. The lowest BCUT2D eigenvalue weighted by Gasteiger charge is -2.23. The normalized spacial score (nSPS) is 10.1. The number of nitrogens with two attached hydrogens (primary N) is 1. The van der Waals surface area contributed by atoms with Crippen LogP contribution >= 0.6 is 15.9 Å². The minimum absolute atomic E-state index is 0.121. The maximum absolute atomic E-state index is 10.5. The summed E-state index contributed by atoms with van der Waals surface area (Å²) >= 11 is 3.36. The number of rotatable bonds is 6. The van der Waals surface area contributed by atoms with E-state index in [-0.39, 0.29) is 6.42 Å². The molecule has 16 heavy (non-hydrogen) atoms. The summed E-state index contributed by atoms with van der Waals surface area (Å²) in [6.07, 6.45) is 0.121. The minimum atomic E-state index is -0.792. The second-order valence-corrected chi connectivity index (χ2v) is 4.31. The van der Waals surface area contributed by atoms with Gasteiger partial charge in [-0.05, 0) is 24.3 Å². The fourth-order valence-corrected chi connectivity index (χ4v) is 1.67. The van der Waals surface area contributed by atoms with Crippen molar-refractivity contribution in [3.63, 3.8) is 0 Å². The molecule has 88 valence electrons. The first-order valence-corrected chi connectivity index (χ1v) is 5.85. The van der Waals surface area contributed by atoms with Crippen LogP contribution in [0.15, 0.2) is 28.7 Å².